The van der Waals surface area contributed by atoms with E-state index in [9.17, 15) is 9.90 Å². The molecule has 0 unspecified atom stereocenters. The van der Waals surface area contributed by atoms with E-state index in [1.807, 2.05) is 20.8 Å². The van der Waals surface area contributed by atoms with Gasteiger partial charge in [-0.15, -0.1) is 0 Å². The number of carbonyl (C=O) groups is 1. The van der Waals surface area contributed by atoms with Gasteiger partial charge in [-0.3, -0.25) is 4.79 Å². The highest BCUT2D eigenvalue weighted by molar-refractivity contribution is 5.78. The highest BCUT2D eigenvalue weighted by Crippen LogP contribution is 2.28. The Morgan fingerprint density at radius 1 is 1.38 bits per heavy atom. The Balaban J connectivity index is 2.78. The fourth-order valence-electron chi connectivity index (χ4n) is 1.32. The van der Waals surface area contributed by atoms with Gasteiger partial charge in [0.15, 0.2) is 0 Å². The lowest BCUT2D eigenvalue weighted by Crippen LogP contribution is -2.30. The van der Waals surface area contributed by atoms with Gasteiger partial charge in [-0.25, -0.2) is 0 Å². The summed E-state index contributed by atoms with van der Waals surface area (Å²) in [7, 11) is 0. The zero-order valence-electron chi connectivity index (χ0n) is 9.99. The molecular weight excluding hydrogens is 204 g/mol. The molecule has 0 fully saturated rings. The molecule has 0 radical (unpaired) electrons. The maximum absolute atomic E-state index is 11.9. The standard InChI is InChI=1S/C13H18O3/c1-4-13(3,5-2)12(15)16-11-8-6-7-10(14)9-11/h6-9,14H,4-5H2,1-3H3. The topological polar surface area (TPSA) is 46.5 Å². The number of hydrogen-bond donors (Lipinski definition) is 1. The van der Waals surface area contributed by atoms with Crippen LogP contribution in [0.2, 0.25) is 0 Å². The number of phenols is 1. The third kappa shape index (κ3) is 2.75. The Morgan fingerprint density at radius 3 is 2.50 bits per heavy atom. The summed E-state index contributed by atoms with van der Waals surface area (Å²) < 4.78 is 5.24. The summed E-state index contributed by atoms with van der Waals surface area (Å²) in [5, 5.41) is 9.25. The van der Waals surface area contributed by atoms with Crippen LogP contribution in [0.25, 0.3) is 0 Å². The lowest BCUT2D eigenvalue weighted by molar-refractivity contribution is -0.145. The molecule has 0 aliphatic carbocycles. The van der Waals surface area contributed by atoms with E-state index in [2.05, 4.69) is 0 Å². The van der Waals surface area contributed by atoms with Crippen molar-refractivity contribution in [1.29, 1.82) is 0 Å². The Morgan fingerprint density at radius 2 is 2.00 bits per heavy atom. The molecule has 0 saturated carbocycles. The van der Waals surface area contributed by atoms with Crippen LogP contribution in [-0.4, -0.2) is 11.1 Å². The van der Waals surface area contributed by atoms with Gasteiger partial charge in [0.05, 0.1) is 5.41 Å². The number of hydrogen-bond acceptors (Lipinski definition) is 3. The van der Waals surface area contributed by atoms with Crippen molar-refractivity contribution in [3.8, 4) is 11.5 Å². The van der Waals surface area contributed by atoms with E-state index in [4.69, 9.17) is 4.74 Å². The molecule has 0 bridgehead atoms. The number of rotatable bonds is 4. The summed E-state index contributed by atoms with van der Waals surface area (Å²) in [6, 6.07) is 6.27. The average molecular weight is 222 g/mol. The Hall–Kier alpha value is -1.51. The molecule has 1 rings (SSSR count). The van der Waals surface area contributed by atoms with Crippen LogP contribution in [0.5, 0.6) is 11.5 Å². The molecule has 0 aliphatic rings. The average Bonchev–Trinajstić information content (AvgIpc) is 2.28. The molecule has 0 heterocycles. The lowest BCUT2D eigenvalue weighted by atomic mass is 9.85. The Bertz CT molecular complexity index is 367. The van der Waals surface area contributed by atoms with Crippen LogP contribution in [-0.2, 0) is 4.79 Å². The number of benzene rings is 1. The van der Waals surface area contributed by atoms with Crippen molar-refractivity contribution in [1.82, 2.24) is 0 Å². The van der Waals surface area contributed by atoms with E-state index in [0.29, 0.717) is 5.75 Å². The fourth-order valence-corrected chi connectivity index (χ4v) is 1.32. The second kappa shape index (κ2) is 5.01. The minimum Gasteiger partial charge on any atom is -0.508 e. The highest BCUT2D eigenvalue weighted by Gasteiger charge is 2.31. The molecule has 16 heavy (non-hydrogen) atoms. The first-order chi connectivity index (χ1) is 7.51. The van der Waals surface area contributed by atoms with Gasteiger partial charge in [0.25, 0.3) is 0 Å². The second-order valence-electron chi connectivity index (χ2n) is 4.15. The van der Waals surface area contributed by atoms with Crippen LogP contribution in [0.15, 0.2) is 24.3 Å². The summed E-state index contributed by atoms with van der Waals surface area (Å²) in [6.45, 7) is 5.82. The molecule has 1 aromatic rings. The smallest absolute Gasteiger partial charge is 0.317 e. The largest absolute Gasteiger partial charge is 0.508 e. The van der Waals surface area contributed by atoms with Crippen molar-refractivity contribution in [3.63, 3.8) is 0 Å². The zero-order chi connectivity index (χ0) is 12.2. The fraction of sp³-hybridized carbons (Fsp3) is 0.462. The monoisotopic (exact) mass is 222 g/mol. The Kier molecular flexibility index (Phi) is 3.93. The summed E-state index contributed by atoms with van der Waals surface area (Å²) in [6.07, 6.45) is 1.47. The molecule has 3 nitrogen and oxygen atoms in total. The quantitative estimate of drug-likeness (QED) is 0.629. The number of ether oxygens (including phenoxy) is 1. The maximum Gasteiger partial charge on any atom is 0.317 e. The van der Waals surface area contributed by atoms with Crippen LogP contribution in [0.4, 0.5) is 0 Å². The molecule has 0 saturated heterocycles. The molecule has 0 spiro atoms. The van der Waals surface area contributed by atoms with Gasteiger partial charge in [-0.2, -0.15) is 0 Å². The van der Waals surface area contributed by atoms with Gasteiger partial charge in [-0.05, 0) is 31.9 Å². The van der Waals surface area contributed by atoms with E-state index in [1.54, 1.807) is 12.1 Å². The van der Waals surface area contributed by atoms with Crippen molar-refractivity contribution < 1.29 is 14.6 Å². The molecule has 0 atom stereocenters. The van der Waals surface area contributed by atoms with Gasteiger partial charge in [0.1, 0.15) is 11.5 Å². The number of phenolic OH excluding ortho intramolecular Hbond substituents is 1. The summed E-state index contributed by atoms with van der Waals surface area (Å²) in [5.74, 6) is 0.237. The lowest BCUT2D eigenvalue weighted by Gasteiger charge is -2.23. The van der Waals surface area contributed by atoms with E-state index in [0.717, 1.165) is 12.8 Å². The third-order valence-electron chi connectivity index (χ3n) is 3.08. The van der Waals surface area contributed by atoms with E-state index in [1.165, 1.54) is 12.1 Å². The van der Waals surface area contributed by atoms with Gasteiger partial charge in [-0.1, -0.05) is 19.9 Å². The Labute approximate surface area is 96.1 Å². The van der Waals surface area contributed by atoms with Gasteiger partial charge in [0, 0.05) is 6.07 Å². The third-order valence-corrected chi connectivity index (χ3v) is 3.08. The molecule has 1 N–H and O–H groups in total. The van der Waals surface area contributed by atoms with E-state index < -0.39 is 5.41 Å². The highest BCUT2D eigenvalue weighted by atomic mass is 16.5. The van der Waals surface area contributed by atoms with Crippen LogP contribution < -0.4 is 4.74 Å². The maximum atomic E-state index is 11.9. The molecule has 1 aromatic carbocycles. The second-order valence-corrected chi connectivity index (χ2v) is 4.15. The first kappa shape index (κ1) is 12.6. The predicted molar refractivity (Wildman–Crippen MR) is 62.4 cm³/mol. The molecule has 0 aliphatic heterocycles. The molecular formula is C13H18O3. The molecule has 0 aromatic heterocycles. The van der Waals surface area contributed by atoms with Crippen molar-refractivity contribution in [2.75, 3.05) is 0 Å². The summed E-state index contributed by atoms with van der Waals surface area (Å²) in [4.78, 5) is 11.9. The van der Waals surface area contributed by atoms with Crippen molar-refractivity contribution in [2.45, 2.75) is 33.6 Å². The van der Waals surface area contributed by atoms with Crippen molar-refractivity contribution >= 4 is 5.97 Å². The first-order valence-corrected chi connectivity index (χ1v) is 5.53. The SMILES string of the molecule is CCC(C)(CC)C(=O)Oc1cccc(O)c1. The van der Waals surface area contributed by atoms with E-state index in [-0.39, 0.29) is 11.7 Å². The van der Waals surface area contributed by atoms with Gasteiger partial charge in [0.2, 0.25) is 0 Å². The number of esters is 1. The number of aromatic hydroxyl groups is 1. The molecule has 88 valence electrons. The van der Waals surface area contributed by atoms with Crippen LogP contribution in [0.3, 0.4) is 0 Å². The molecule has 0 amide bonds. The molecule has 3 heteroatoms. The first-order valence-electron chi connectivity index (χ1n) is 5.53. The normalized spacial score (nSPS) is 11.2. The summed E-state index contributed by atoms with van der Waals surface area (Å²) in [5.41, 5.74) is -0.453. The minimum absolute atomic E-state index is 0.0972. The van der Waals surface area contributed by atoms with Gasteiger partial charge >= 0.3 is 5.97 Å². The zero-order valence-corrected chi connectivity index (χ0v) is 9.99. The minimum atomic E-state index is -0.453. The van der Waals surface area contributed by atoms with E-state index >= 15 is 0 Å². The van der Waals surface area contributed by atoms with Crippen LogP contribution >= 0.6 is 0 Å². The van der Waals surface area contributed by atoms with Crippen LogP contribution in [0, 0.1) is 5.41 Å². The van der Waals surface area contributed by atoms with Crippen molar-refractivity contribution in [2.24, 2.45) is 5.41 Å². The summed E-state index contributed by atoms with van der Waals surface area (Å²) >= 11 is 0. The van der Waals surface area contributed by atoms with Crippen molar-refractivity contribution in [3.05, 3.63) is 24.3 Å². The van der Waals surface area contributed by atoms with Crippen LogP contribution in [0.1, 0.15) is 33.6 Å². The van der Waals surface area contributed by atoms with Gasteiger partial charge < -0.3 is 9.84 Å². The predicted octanol–water partition coefficient (Wildman–Crippen LogP) is 3.12. The number of carbonyl (C=O) groups excluding carboxylic acids is 1.